The van der Waals surface area contributed by atoms with Crippen molar-refractivity contribution in [1.29, 1.82) is 0 Å². The number of aryl methyl sites for hydroxylation is 2. The molecule has 0 fully saturated rings. The van der Waals surface area contributed by atoms with Crippen molar-refractivity contribution in [3.05, 3.63) is 29.7 Å². The topological polar surface area (TPSA) is 43.0 Å². The molecule has 0 saturated carbocycles. The number of nitrogens with one attached hydrogen (secondary N) is 1. The molecular weight excluding hydrogens is 190 g/mol. The van der Waals surface area contributed by atoms with E-state index in [1.54, 1.807) is 4.68 Å². The first-order chi connectivity index (χ1) is 7.20. The fourth-order valence-electron chi connectivity index (χ4n) is 1.63. The summed E-state index contributed by atoms with van der Waals surface area (Å²) in [4.78, 5) is 0. The fraction of sp³-hybridized carbons (Fsp3) is 0.364. The normalized spacial score (nSPS) is 10.9. The number of hydrogen-bond acceptors (Lipinski definition) is 3. The minimum Gasteiger partial charge on any atom is -0.460 e. The third kappa shape index (κ3) is 1.94. The van der Waals surface area contributed by atoms with Crippen LogP contribution in [-0.2, 0) is 13.6 Å². The van der Waals surface area contributed by atoms with E-state index >= 15 is 0 Å². The van der Waals surface area contributed by atoms with Crippen molar-refractivity contribution in [2.45, 2.75) is 13.5 Å². The molecular formula is C11H15N3O. The Bertz CT molecular complexity index is 456. The van der Waals surface area contributed by atoms with Gasteiger partial charge in [0.05, 0.1) is 0 Å². The summed E-state index contributed by atoms with van der Waals surface area (Å²) in [7, 11) is 3.84. The third-order valence-electron chi connectivity index (χ3n) is 2.25. The van der Waals surface area contributed by atoms with E-state index in [0.717, 1.165) is 29.3 Å². The van der Waals surface area contributed by atoms with Gasteiger partial charge >= 0.3 is 0 Å². The predicted molar refractivity (Wildman–Crippen MR) is 58.4 cm³/mol. The molecule has 0 spiro atoms. The lowest BCUT2D eigenvalue weighted by Gasteiger charge is -1.97. The molecule has 4 nitrogen and oxygen atoms in total. The standard InChI is InChI=1S/C11H15N3O/c1-8-4-5-10(15-8)11-9(6-12-2)7-14(3)13-11/h4-5,7,12H,6H2,1-3H3. The smallest absolute Gasteiger partial charge is 0.154 e. The van der Waals surface area contributed by atoms with Crippen LogP contribution in [0.25, 0.3) is 11.5 Å². The average Bonchev–Trinajstić information content (AvgIpc) is 2.73. The molecule has 0 atom stereocenters. The third-order valence-corrected chi connectivity index (χ3v) is 2.25. The highest BCUT2D eigenvalue weighted by Crippen LogP contribution is 2.23. The zero-order valence-electron chi connectivity index (χ0n) is 9.24. The van der Waals surface area contributed by atoms with Crippen LogP contribution in [0.3, 0.4) is 0 Å². The molecule has 2 rings (SSSR count). The van der Waals surface area contributed by atoms with Crippen molar-refractivity contribution in [2.24, 2.45) is 7.05 Å². The number of rotatable bonds is 3. The van der Waals surface area contributed by atoms with Crippen molar-refractivity contribution < 1.29 is 4.42 Å². The van der Waals surface area contributed by atoms with Gasteiger partial charge in [-0.2, -0.15) is 5.10 Å². The molecule has 2 aromatic rings. The Labute approximate surface area is 88.9 Å². The molecule has 0 bridgehead atoms. The Balaban J connectivity index is 2.42. The van der Waals surface area contributed by atoms with Crippen LogP contribution in [0.15, 0.2) is 22.7 Å². The maximum absolute atomic E-state index is 5.57. The van der Waals surface area contributed by atoms with Gasteiger partial charge in [0.1, 0.15) is 11.5 Å². The van der Waals surface area contributed by atoms with Crippen molar-refractivity contribution in [3.63, 3.8) is 0 Å². The van der Waals surface area contributed by atoms with Crippen LogP contribution in [0.4, 0.5) is 0 Å². The van der Waals surface area contributed by atoms with Gasteiger partial charge in [-0.3, -0.25) is 4.68 Å². The molecule has 0 aliphatic carbocycles. The molecule has 2 heterocycles. The van der Waals surface area contributed by atoms with Gasteiger partial charge < -0.3 is 9.73 Å². The van der Waals surface area contributed by atoms with Gasteiger partial charge in [-0.25, -0.2) is 0 Å². The molecule has 4 heteroatoms. The van der Waals surface area contributed by atoms with Crippen LogP contribution >= 0.6 is 0 Å². The van der Waals surface area contributed by atoms with Crippen molar-refractivity contribution in [3.8, 4) is 11.5 Å². The summed E-state index contributed by atoms with van der Waals surface area (Å²) in [5.74, 6) is 1.74. The Kier molecular flexibility index (Phi) is 2.60. The molecule has 15 heavy (non-hydrogen) atoms. The van der Waals surface area contributed by atoms with Gasteiger partial charge in [-0.05, 0) is 26.1 Å². The Morgan fingerprint density at radius 3 is 2.87 bits per heavy atom. The molecule has 2 aromatic heterocycles. The van der Waals surface area contributed by atoms with Gasteiger partial charge in [-0.15, -0.1) is 0 Å². The van der Waals surface area contributed by atoms with Crippen molar-refractivity contribution in [1.82, 2.24) is 15.1 Å². The van der Waals surface area contributed by atoms with Gasteiger partial charge in [0, 0.05) is 25.4 Å². The van der Waals surface area contributed by atoms with Crippen LogP contribution in [0, 0.1) is 6.92 Å². The number of nitrogens with zero attached hydrogens (tertiary/aromatic N) is 2. The van der Waals surface area contributed by atoms with E-state index < -0.39 is 0 Å². The monoisotopic (exact) mass is 205 g/mol. The maximum atomic E-state index is 5.57. The van der Waals surface area contributed by atoms with E-state index in [0.29, 0.717) is 0 Å². The fourth-order valence-corrected chi connectivity index (χ4v) is 1.63. The minimum absolute atomic E-state index is 0.795. The van der Waals surface area contributed by atoms with E-state index in [9.17, 15) is 0 Å². The second kappa shape index (κ2) is 3.90. The summed E-state index contributed by atoms with van der Waals surface area (Å²) in [6.45, 7) is 2.73. The summed E-state index contributed by atoms with van der Waals surface area (Å²) in [5.41, 5.74) is 2.06. The average molecular weight is 205 g/mol. The minimum atomic E-state index is 0.795. The second-order valence-electron chi connectivity index (χ2n) is 3.62. The zero-order chi connectivity index (χ0) is 10.8. The summed E-state index contributed by atoms with van der Waals surface area (Å²) < 4.78 is 7.37. The van der Waals surface area contributed by atoms with Gasteiger partial charge in [-0.1, -0.05) is 0 Å². The van der Waals surface area contributed by atoms with Crippen LogP contribution in [0.5, 0.6) is 0 Å². The van der Waals surface area contributed by atoms with Crippen molar-refractivity contribution >= 4 is 0 Å². The van der Waals surface area contributed by atoms with Gasteiger partial charge in [0.15, 0.2) is 5.76 Å². The van der Waals surface area contributed by atoms with E-state index in [1.165, 1.54) is 0 Å². The summed E-state index contributed by atoms with van der Waals surface area (Å²) in [5, 5.41) is 7.52. The van der Waals surface area contributed by atoms with E-state index in [4.69, 9.17) is 4.42 Å². The van der Waals surface area contributed by atoms with E-state index in [2.05, 4.69) is 10.4 Å². The lowest BCUT2D eigenvalue weighted by atomic mass is 10.2. The first-order valence-corrected chi connectivity index (χ1v) is 4.94. The van der Waals surface area contributed by atoms with Crippen LogP contribution < -0.4 is 5.32 Å². The molecule has 0 amide bonds. The highest BCUT2D eigenvalue weighted by Gasteiger charge is 2.12. The Morgan fingerprint density at radius 1 is 1.47 bits per heavy atom. The van der Waals surface area contributed by atoms with E-state index in [1.807, 2.05) is 39.3 Å². The van der Waals surface area contributed by atoms with Crippen LogP contribution in [-0.4, -0.2) is 16.8 Å². The number of hydrogen-bond donors (Lipinski definition) is 1. The lowest BCUT2D eigenvalue weighted by molar-refractivity contribution is 0.544. The van der Waals surface area contributed by atoms with E-state index in [-0.39, 0.29) is 0 Å². The molecule has 0 aromatic carbocycles. The summed E-state index contributed by atoms with van der Waals surface area (Å²) >= 11 is 0. The van der Waals surface area contributed by atoms with Crippen molar-refractivity contribution in [2.75, 3.05) is 7.05 Å². The van der Waals surface area contributed by atoms with Crippen LogP contribution in [0.2, 0.25) is 0 Å². The molecule has 0 aliphatic heterocycles. The molecule has 80 valence electrons. The number of aromatic nitrogens is 2. The maximum Gasteiger partial charge on any atom is 0.154 e. The highest BCUT2D eigenvalue weighted by atomic mass is 16.3. The lowest BCUT2D eigenvalue weighted by Crippen LogP contribution is -2.04. The Morgan fingerprint density at radius 2 is 2.27 bits per heavy atom. The molecule has 0 unspecified atom stereocenters. The van der Waals surface area contributed by atoms with Crippen LogP contribution in [0.1, 0.15) is 11.3 Å². The highest BCUT2D eigenvalue weighted by molar-refractivity contribution is 5.56. The first-order valence-electron chi connectivity index (χ1n) is 4.94. The molecule has 0 radical (unpaired) electrons. The van der Waals surface area contributed by atoms with Gasteiger partial charge in [0.2, 0.25) is 0 Å². The first kappa shape index (κ1) is 9.98. The predicted octanol–water partition coefficient (Wildman–Crippen LogP) is 1.71. The second-order valence-corrected chi connectivity index (χ2v) is 3.62. The quantitative estimate of drug-likeness (QED) is 0.829. The summed E-state index contributed by atoms with van der Waals surface area (Å²) in [6.07, 6.45) is 2.00. The zero-order valence-corrected chi connectivity index (χ0v) is 9.24. The molecule has 0 saturated heterocycles. The Hall–Kier alpha value is -1.55. The largest absolute Gasteiger partial charge is 0.460 e. The van der Waals surface area contributed by atoms with Gasteiger partial charge in [0.25, 0.3) is 0 Å². The molecule has 0 aliphatic rings. The molecule has 1 N–H and O–H groups in total. The SMILES string of the molecule is CNCc1cn(C)nc1-c1ccc(C)o1. The summed E-state index contributed by atoms with van der Waals surface area (Å²) in [6, 6.07) is 3.91. The number of furan rings is 1.